The lowest BCUT2D eigenvalue weighted by Crippen LogP contribution is -2.07. The van der Waals surface area contributed by atoms with Gasteiger partial charge in [0.15, 0.2) is 0 Å². The van der Waals surface area contributed by atoms with Crippen molar-refractivity contribution in [2.45, 2.75) is 13.0 Å². The fourth-order valence-electron chi connectivity index (χ4n) is 1.68. The number of carbonyl (C=O) groups excluding carboxylic acids is 1. The van der Waals surface area contributed by atoms with Crippen LogP contribution in [0.15, 0.2) is 36.7 Å². The summed E-state index contributed by atoms with van der Waals surface area (Å²) in [6.07, 6.45) is 3.60. The van der Waals surface area contributed by atoms with E-state index in [1.807, 2.05) is 25.3 Å². The predicted octanol–water partition coefficient (Wildman–Crippen LogP) is 2.37. The van der Waals surface area contributed by atoms with Crippen molar-refractivity contribution in [2.24, 2.45) is 0 Å². The van der Waals surface area contributed by atoms with Gasteiger partial charge in [0.1, 0.15) is 0 Å². The number of carbonyl (C=O) groups is 1. The lowest BCUT2D eigenvalue weighted by molar-refractivity contribution is 0.0601. The van der Waals surface area contributed by atoms with Crippen molar-refractivity contribution in [2.75, 3.05) is 12.4 Å². The molecule has 1 aromatic heterocycles. The molecule has 0 fully saturated rings. The molecule has 94 valence electrons. The minimum absolute atomic E-state index is 0.108. The van der Waals surface area contributed by atoms with Gasteiger partial charge in [-0.1, -0.05) is 6.07 Å². The van der Waals surface area contributed by atoms with E-state index in [1.54, 1.807) is 18.3 Å². The molecule has 0 radical (unpaired) electrons. The Hall–Kier alpha value is -2.30. The molecule has 0 saturated carbocycles. The summed E-state index contributed by atoms with van der Waals surface area (Å²) in [6.45, 7) is 2.02. The fraction of sp³-hybridized carbons (Fsp3) is 0.231. The Morgan fingerprint density at radius 2 is 2.33 bits per heavy atom. The SMILES string of the molecule is COC(=O)c1cccc(NC(C)c2cn[nH]c2)c1. The van der Waals surface area contributed by atoms with Crippen LogP contribution in [0.2, 0.25) is 0 Å². The molecule has 0 aliphatic carbocycles. The summed E-state index contributed by atoms with van der Waals surface area (Å²) in [6, 6.07) is 7.32. The summed E-state index contributed by atoms with van der Waals surface area (Å²) in [4.78, 5) is 11.4. The molecule has 1 atom stereocenters. The van der Waals surface area contributed by atoms with Gasteiger partial charge in [-0.2, -0.15) is 5.10 Å². The summed E-state index contributed by atoms with van der Waals surface area (Å²) in [7, 11) is 1.37. The van der Waals surface area contributed by atoms with Crippen molar-refractivity contribution in [3.8, 4) is 0 Å². The lowest BCUT2D eigenvalue weighted by Gasteiger charge is -2.14. The quantitative estimate of drug-likeness (QED) is 0.811. The molecular formula is C13H15N3O2. The number of aromatic amines is 1. The van der Waals surface area contributed by atoms with Gasteiger partial charge in [0, 0.05) is 17.4 Å². The van der Waals surface area contributed by atoms with Crippen molar-refractivity contribution in [3.05, 3.63) is 47.8 Å². The number of nitrogens with zero attached hydrogens (tertiary/aromatic N) is 1. The van der Waals surface area contributed by atoms with Gasteiger partial charge in [0.05, 0.1) is 24.9 Å². The molecule has 0 spiro atoms. The Kier molecular flexibility index (Phi) is 3.62. The number of benzene rings is 1. The Morgan fingerprint density at radius 3 is 3.00 bits per heavy atom. The second-order valence-corrected chi connectivity index (χ2v) is 3.97. The zero-order valence-corrected chi connectivity index (χ0v) is 10.3. The molecule has 0 aliphatic rings. The van der Waals surface area contributed by atoms with Crippen LogP contribution in [0.5, 0.6) is 0 Å². The van der Waals surface area contributed by atoms with E-state index in [0.29, 0.717) is 5.56 Å². The van der Waals surface area contributed by atoms with Crippen molar-refractivity contribution in [1.29, 1.82) is 0 Å². The summed E-state index contributed by atoms with van der Waals surface area (Å²) in [5.41, 5.74) is 2.45. The highest BCUT2D eigenvalue weighted by molar-refractivity contribution is 5.90. The van der Waals surface area contributed by atoms with E-state index in [1.165, 1.54) is 7.11 Å². The summed E-state index contributed by atoms with van der Waals surface area (Å²) >= 11 is 0. The van der Waals surface area contributed by atoms with Crippen LogP contribution in [-0.4, -0.2) is 23.3 Å². The highest BCUT2D eigenvalue weighted by Gasteiger charge is 2.09. The average Bonchev–Trinajstić information content (AvgIpc) is 2.92. The maximum Gasteiger partial charge on any atom is 0.337 e. The minimum atomic E-state index is -0.338. The Balaban J connectivity index is 2.12. The normalized spacial score (nSPS) is 11.9. The van der Waals surface area contributed by atoms with E-state index in [2.05, 4.69) is 20.3 Å². The van der Waals surface area contributed by atoms with Gasteiger partial charge < -0.3 is 10.1 Å². The van der Waals surface area contributed by atoms with Crippen LogP contribution in [0.3, 0.4) is 0 Å². The van der Waals surface area contributed by atoms with Crippen molar-refractivity contribution in [3.63, 3.8) is 0 Å². The first-order valence-corrected chi connectivity index (χ1v) is 5.64. The van der Waals surface area contributed by atoms with E-state index in [-0.39, 0.29) is 12.0 Å². The van der Waals surface area contributed by atoms with Crippen LogP contribution in [-0.2, 0) is 4.74 Å². The Labute approximate surface area is 105 Å². The third kappa shape index (κ3) is 2.68. The molecule has 5 heteroatoms. The monoisotopic (exact) mass is 245 g/mol. The topological polar surface area (TPSA) is 67.0 Å². The minimum Gasteiger partial charge on any atom is -0.465 e. The first-order chi connectivity index (χ1) is 8.70. The number of H-pyrrole nitrogens is 1. The smallest absolute Gasteiger partial charge is 0.337 e. The number of rotatable bonds is 4. The van der Waals surface area contributed by atoms with Crippen molar-refractivity contribution < 1.29 is 9.53 Å². The second kappa shape index (κ2) is 5.35. The molecule has 5 nitrogen and oxygen atoms in total. The average molecular weight is 245 g/mol. The number of methoxy groups -OCH3 is 1. The van der Waals surface area contributed by atoms with Crippen LogP contribution in [0.4, 0.5) is 5.69 Å². The number of aromatic nitrogens is 2. The second-order valence-electron chi connectivity index (χ2n) is 3.97. The Morgan fingerprint density at radius 1 is 1.50 bits per heavy atom. The van der Waals surface area contributed by atoms with Crippen molar-refractivity contribution in [1.82, 2.24) is 10.2 Å². The lowest BCUT2D eigenvalue weighted by atomic mass is 10.1. The van der Waals surface area contributed by atoms with E-state index in [4.69, 9.17) is 0 Å². The molecule has 18 heavy (non-hydrogen) atoms. The van der Waals surface area contributed by atoms with E-state index >= 15 is 0 Å². The molecule has 2 rings (SSSR count). The molecular weight excluding hydrogens is 230 g/mol. The number of esters is 1. The number of ether oxygens (including phenoxy) is 1. The molecule has 0 saturated heterocycles. The molecule has 1 heterocycles. The standard InChI is InChI=1S/C13H15N3O2/c1-9(11-7-14-15-8-11)16-12-5-3-4-10(6-12)13(17)18-2/h3-9,16H,1-2H3,(H,14,15). The van der Waals surface area contributed by atoms with Gasteiger partial charge in [-0.3, -0.25) is 5.10 Å². The van der Waals surface area contributed by atoms with Gasteiger partial charge in [-0.25, -0.2) is 4.79 Å². The van der Waals surface area contributed by atoms with Crippen LogP contribution >= 0.6 is 0 Å². The Bertz CT molecular complexity index is 523. The van der Waals surface area contributed by atoms with E-state index < -0.39 is 0 Å². The van der Waals surface area contributed by atoms with Gasteiger partial charge in [0.25, 0.3) is 0 Å². The molecule has 0 bridgehead atoms. The summed E-state index contributed by atoms with van der Waals surface area (Å²) < 4.78 is 4.69. The van der Waals surface area contributed by atoms with Crippen molar-refractivity contribution >= 4 is 11.7 Å². The molecule has 0 amide bonds. The highest BCUT2D eigenvalue weighted by atomic mass is 16.5. The maximum absolute atomic E-state index is 11.4. The molecule has 1 aromatic carbocycles. The third-order valence-corrected chi connectivity index (χ3v) is 2.69. The largest absolute Gasteiger partial charge is 0.465 e. The first-order valence-electron chi connectivity index (χ1n) is 5.64. The molecule has 0 aliphatic heterocycles. The fourth-order valence-corrected chi connectivity index (χ4v) is 1.68. The van der Waals surface area contributed by atoms with E-state index in [0.717, 1.165) is 11.3 Å². The van der Waals surface area contributed by atoms with Crippen LogP contribution in [0, 0.1) is 0 Å². The third-order valence-electron chi connectivity index (χ3n) is 2.69. The molecule has 2 aromatic rings. The maximum atomic E-state index is 11.4. The highest BCUT2D eigenvalue weighted by Crippen LogP contribution is 2.19. The van der Waals surface area contributed by atoms with Gasteiger partial charge in [-0.15, -0.1) is 0 Å². The zero-order valence-electron chi connectivity index (χ0n) is 10.3. The van der Waals surface area contributed by atoms with E-state index in [9.17, 15) is 4.79 Å². The van der Waals surface area contributed by atoms with Crippen LogP contribution < -0.4 is 5.32 Å². The molecule has 1 unspecified atom stereocenters. The predicted molar refractivity (Wildman–Crippen MR) is 68.4 cm³/mol. The summed E-state index contributed by atoms with van der Waals surface area (Å²) in [5.74, 6) is -0.338. The number of nitrogens with one attached hydrogen (secondary N) is 2. The van der Waals surface area contributed by atoms with Crippen LogP contribution in [0.25, 0.3) is 0 Å². The number of hydrogen-bond donors (Lipinski definition) is 2. The summed E-state index contributed by atoms with van der Waals surface area (Å²) in [5, 5.41) is 9.97. The zero-order chi connectivity index (χ0) is 13.0. The number of hydrogen-bond acceptors (Lipinski definition) is 4. The first kappa shape index (κ1) is 12.2. The van der Waals surface area contributed by atoms with Gasteiger partial charge >= 0.3 is 5.97 Å². The van der Waals surface area contributed by atoms with Crippen LogP contribution in [0.1, 0.15) is 28.9 Å². The van der Waals surface area contributed by atoms with Gasteiger partial charge in [0.2, 0.25) is 0 Å². The number of anilines is 1. The molecule has 2 N–H and O–H groups in total. The van der Waals surface area contributed by atoms with Gasteiger partial charge in [-0.05, 0) is 25.1 Å².